The third-order valence-corrected chi connectivity index (χ3v) is 6.12. The summed E-state index contributed by atoms with van der Waals surface area (Å²) < 4.78 is 6.31. The Hall–Kier alpha value is -0.800. The van der Waals surface area contributed by atoms with Gasteiger partial charge in [0.1, 0.15) is 5.75 Å². The monoisotopic (exact) mass is 394 g/mol. The summed E-state index contributed by atoms with van der Waals surface area (Å²) in [5, 5.41) is 0. The Morgan fingerprint density at radius 1 is 1.10 bits per heavy atom. The third-order valence-electron chi connectivity index (χ3n) is 4.09. The van der Waals surface area contributed by atoms with Crippen molar-refractivity contribution >= 4 is 31.9 Å². The maximum Gasteiger partial charge on any atom is 0.133 e. The van der Waals surface area contributed by atoms with Crippen LogP contribution in [0.3, 0.4) is 0 Å². The molecule has 2 aromatic carbocycles. The molecule has 1 aliphatic rings. The molecule has 0 aliphatic heterocycles. The van der Waals surface area contributed by atoms with E-state index in [-0.39, 0.29) is 5.41 Å². The van der Waals surface area contributed by atoms with Gasteiger partial charge in [-0.05, 0) is 52.0 Å². The molecule has 0 heterocycles. The summed E-state index contributed by atoms with van der Waals surface area (Å²) in [6.45, 7) is 0. The molecule has 0 aromatic heterocycles. The van der Waals surface area contributed by atoms with Crippen LogP contribution in [0.5, 0.6) is 5.75 Å². The molecule has 3 heteroatoms. The van der Waals surface area contributed by atoms with E-state index in [1.165, 1.54) is 24.0 Å². The van der Waals surface area contributed by atoms with Gasteiger partial charge in [0.2, 0.25) is 0 Å². The molecule has 0 N–H and O–H groups in total. The van der Waals surface area contributed by atoms with Crippen molar-refractivity contribution in [2.75, 3.05) is 7.11 Å². The number of hydrogen-bond acceptors (Lipinski definition) is 1. The number of rotatable bonds is 4. The van der Waals surface area contributed by atoms with Crippen molar-refractivity contribution in [1.82, 2.24) is 0 Å². The normalized spacial score (nSPS) is 17.6. The first-order valence-corrected chi connectivity index (χ1v) is 8.41. The predicted octanol–water partition coefficient (Wildman–Crippen LogP) is 5.63. The van der Waals surface area contributed by atoms with E-state index in [0.717, 1.165) is 10.2 Å². The van der Waals surface area contributed by atoms with Gasteiger partial charge >= 0.3 is 0 Å². The van der Waals surface area contributed by atoms with E-state index in [9.17, 15) is 0 Å². The van der Waals surface area contributed by atoms with Crippen molar-refractivity contribution in [1.29, 1.82) is 0 Å². The van der Waals surface area contributed by atoms with E-state index in [4.69, 9.17) is 4.74 Å². The van der Waals surface area contributed by atoms with Gasteiger partial charge in [-0.25, -0.2) is 0 Å². The molecule has 0 amide bonds. The average molecular weight is 396 g/mol. The van der Waals surface area contributed by atoms with Crippen molar-refractivity contribution in [2.24, 2.45) is 0 Å². The van der Waals surface area contributed by atoms with Crippen LogP contribution < -0.4 is 4.74 Å². The summed E-state index contributed by atoms with van der Waals surface area (Å²) in [5.74, 6) is 0.873. The SMILES string of the molecule is COc1ccc(C(Br)C2(c3ccccc3)CC2)cc1Br. The largest absolute Gasteiger partial charge is 0.496 e. The van der Waals surface area contributed by atoms with Gasteiger partial charge in [0.05, 0.1) is 11.6 Å². The maximum atomic E-state index is 5.30. The van der Waals surface area contributed by atoms with Crippen molar-refractivity contribution in [3.63, 3.8) is 0 Å². The number of hydrogen-bond donors (Lipinski definition) is 0. The molecule has 1 atom stereocenters. The fourth-order valence-electron chi connectivity index (χ4n) is 2.75. The second-order valence-electron chi connectivity index (χ2n) is 5.28. The molecular formula is C17H16Br2O. The standard InChI is InChI=1S/C17H16Br2O/c1-20-15-8-7-12(11-14(15)18)16(19)17(9-10-17)13-5-3-2-4-6-13/h2-8,11,16H,9-10H2,1H3. The molecule has 3 rings (SSSR count). The van der Waals surface area contributed by atoms with Gasteiger partial charge in [-0.15, -0.1) is 0 Å². The average Bonchev–Trinajstić information content (AvgIpc) is 3.29. The van der Waals surface area contributed by atoms with Crippen LogP contribution in [0.4, 0.5) is 0 Å². The Kier molecular flexibility index (Phi) is 3.91. The zero-order valence-corrected chi connectivity index (χ0v) is 14.4. The second-order valence-corrected chi connectivity index (χ2v) is 7.05. The van der Waals surface area contributed by atoms with Crippen LogP contribution in [0.2, 0.25) is 0 Å². The van der Waals surface area contributed by atoms with E-state index in [0.29, 0.717) is 4.83 Å². The summed E-state index contributed by atoms with van der Waals surface area (Å²) >= 11 is 7.50. The first-order chi connectivity index (χ1) is 9.67. The van der Waals surface area contributed by atoms with E-state index in [2.05, 4.69) is 74.3 Å². The van der Waals surface area contributed by atoms with Crippen molar-refractivity contribution < 1.29 is 4.74 Å². The first kappa shape index (κ1) is 14.2. The molecule has 1 unspecified atom stereocenters. The van der Waals surface area contributed by atoms with Gasteiger partial charge in [0, 0.05) is 10.2 Å². The van der Waals surface area contributed by atoms with Crippen LogP contribution in [0.1, 0.15) is 28.8 Å². The Morgan fingerprint density at radius 3 is 2.35 bits per heavy atom. The highest BCUT2D eigenvalue weighted by atomic mass is 79.9. The first-order valence-electron chi connectivity index (χ1n) is 6.70. The van der Waals surface area contributed by atoms with Gasteiger partial charge in [-0.2, -0.15) is 0 Å². The summed E-state index contributed by atoms with van der Waals surface area (Å²) in [7, 11) is 1.69. The molecule has 0 spiro atoms. The minimum Gasteiger partial charge on any atom is -0.496 e. The van der Waals surface area contributed by atoms with E-state index in [1.807, 2.05) is 6.07 Å². The van der Waals surface area contributed by atoms with Crippen LogP contribution in [0, 0.1) is 0 Å². The Bertz CT molecular complexity index is 606. The fraction of sp³-hybridized carbons (Fsp3) is 0.294. The Balaban J connectivity index is 1.93. The molecule has 1 saturated carbocycles. The lowest BCUT2D eigenvalue weighted by Gasteiger charge is -2.23. The van der Waals surface area contributed by atoms with Crippen LogP contribution in [0.15, 0.2) is 53.0 Å². The quantitative estimate of drug-likeness (QED) is 0.610. The molecule has 20 heavy (non-hydrogen) atoms. The van der Waals surface area contributed by atoms with Crippen molar-refractivity contribution in [3.8, 4) is 5.75 Å². The molecular weight excluding hydrogens is 380 g/mol. The fourth-order valence-corrected chi connectivity index (χ4v) is 4.32. The van der Waals surface area contributed by atoms with E-state index < -0.39 is 0 Å². The van der Waals surface area contributed by atoms with Crippen molar-refractivity contribution in [2.45, 2.75) is 23.1 Å². The number of halogens is 2. The zero-order valence-electron chi connectivity index (χ0n) is 11.3. The highest BCUT2D eigenvalue weighted by Crippen LogP contribution is 2.60. The topological polar surface area (TPSA) is 9.23 Å². The Morgan fingerprint density at radius 2 is 1.80 bits per heavy atom. The summed E-state index contributed by atoms with van der Waals surface area (Å²) in [6.07, 6.45) is 2.47. The molecule has 2 aromatic rings. The minimum absolute atomic E-state index is 0.245. The summed E-state index contributed by atoms with van der Waals surface area (Å²) in [6, 6.07) is 17.1. The second kappa shape index (κ2) is 5.53. The van der Waals surface area contributed by atoms with Gasteiger partial charge in [0.25, 0.3) is 0 Å². The van der Waals surface area contributed by atoms with Gasteiger partial charge in [0.15, 0.2) is 0 Å². The zero-order chi connectivity index (χ0) is 14.2. The maximum absolute atomic E-state index is 5.30. The number of ether oxygens (including phenoxy) is 1. The molecule has 1 aliphatic carbocycles. The molecule has 0 saturated heterocycles. The van der Waals surface area contributed by atoms with Crippen LogP contribution >= 0.6 is 31.9 Å². The molecule has 0 radical (unpaired) electrons. The number of alkyl halides is 1. The minimum atomic E-state index is 0.245. The highest BCUT2D eigenvalue weighted by Gasteiger charge is 2.50. The Labute approximate surface area is 136 Å². The number of benzene rings is 2. The lowest BCUT2D eigenvalue weighted by molar-refractivity contribution is 0.412. The van der Waals surface area contributed by atoms with Gasteiger partial charge in [-0.1, -0.05) is 52.3 Å². The molecule has 0 bridgehead atoms. The summed E-state index contributed by atoms with van der Waals surface area (Å²) in [5.41, 5.74) is 2.96. The van der Waals surface area contributed by atoms with E-state index >= 15 is 0 Å². The summed E-state index contributed by atoms with van der Waals surface area (Å²) in [4.78, 5) is 0.333. The molecule has 1 nitrogen and oxygen atoms in total. The lowest BCUT2D eigenvalue weighted by atomic mass is 9.89. The van der Waals surface area contributed by atoms with Crippen molar-refractivity contribution in [3.05, 3.63) is 64.1 Å². The number of methoxy groups -OCH3 is 1. The smallest absolute Gasteiger partial charge is 0.133 e. The van der Waals surface area contributed by atoms with Crippen LogP contribution in [-0.2, 0) is 5.41 Å². The highest BCUT2D eigenvalue weighted by molar-refractivity contribution is 9.10. The van der Waals surface area contributed by atoms with Crippen LogP contribution in [0.25, 0.3) is 0 Å². The van der Waals surface area contributed by atoms with E-state index in [1.54, 1.807) is 7.11 Å². The predicted molar refractivity (Wildman–Crippen MR) is 89.7 cm³/mol. The van der Waals surface area contributed by atoms with Gasteiger partial charge in [-0.3, -0.25) is 0 Å². The molecule has 104 valence electrons. The van der Waals surface area contributed by atoms with Crippen LogP contribution in [-0.4, -0.2) is 7.11 Å². The lowest BCUT2D eigenvalue weighted by Crippen LogP contribution is -2.13. The van der Waals surface area contributed by atoms with Gasteiger partial charge < -0.3 is 4.74 Å². The molecule has 1 fully saturated rings. The third kappa shape index (κ3) is 2.42.